The Morgan fingerprint density at radius 3 is 2.63 bits per heavy atom. The van der Waals surface area contributed by atoms with E-state index in [1.165, 1.54) is 11.4 Å². The second-order valence-corrected chi connectivity index (χ2v) is 6.44. The zero-order valence-corrected chi connectivity index (χ0v) is 12.0. The zero-order chi connectivity index (χ0) is 14.5. The molecule has 0 bridgehead atoms. The molecule has 0 aromatic carbocycles. The minimum absolute atomic E-state index is 0.0772. The fourth-order valence-corrected chi connectivity index (χ4v) is 3.20. The summed E-state index contributed by atoms with van der Waals surface area (Å²) in [5, 5.41) is 2.57. The van der Waals surface area contributed by atoms with Crippen molar-refractivity contribution in [3.05, 3.63) is 0 Å². The second-order valence-electron chi connectivity index (χ2n) is 4.50. The van der Waals surface area contributed by atoms with E-state index >= 15 is 0 Å². The van der Waals surface area contributed by atoms with Gasteiger partial charge in [-0.05, 0) is 12.8 Å². The third-order valence-electron chi connectivity index (χ3n) is 3.04. The Morgan fingerprint density at radius 2 is 2.05 bits per heavy atom. The molecule has 1 heterocycles. The van der Waals surface area contributed by atoms with Gasteiger partial charge in [-0.25, -0.2) is 8.42 Å². The summed E-state index contributed by atoms with van der Waals surface area (Å²) < 4.78 is 28.9. The van der Waals surface area contributed by atoms with Crippen molar-refractivity contribution in [3.63, 3.8) is 0 Å². The maximum atomic E-state index is 12.0. The summed E-state index contributed by atoms with van der Waals surface area (Å²) in [5.41, 5.74) is 0. The van der Waals surface area contributed by atoms with E-state index in [-0.39, 0.29) is 18.9 Å². The van der Waals surface area contributed by atoms with Crippen LogP contribution in [-0.2, 0) is 24.3 Å². The molecule has 1 saturated heterocycles. The minimum Gasteiger partial charge on any atom is -0.469 e. The first-order valence-electron chi connectivity index (χ1n) is 6.17. The first kappa shape index (κ1) is 15.9. The number of hydrogen-bond donors (Lipinski definition) is 1. The molecule has 19 heavy (non-hydrogen) atoms. The molecule has 1 unspecified atom stereocenters. The fraction of sp³-hybridized carbons (Fsp3) is 0.818. The molecule has 1 rings (SSSR count). The normalized spacial score (nSPS) is 20.8. The summed E-state index contributed by atoms with van der Waals surface area (Å²) in [6.45, 7) is 0.521. The van der Waals surface area contributed by atoms with Crippen LogP contribution in [0.2, 0.25) is 0 Å². The topological polar surface area (TPSA) is 92.8 Å². The van der Waals surface area contributed by atoms with Crippen molar-refractivity contribution in [1.82, 2.24) is 9.62 Å². The number of sulfonamides is 1. The first-order valence-corrected chi connectivity index (χ1v) is 8.02. The van der Waals surface area contributed by atoms with Crippen LogP contribution in [0, 0.1) is 0 Å². The number of carbonyl (C=O) groups excluding carboxylic acids is 2. The predicted molar refractivity (Wildman–Crippen MR) is 68.8 cm³/mol. The number of hydrogen-bond acceptors (Lipinski definition) is 5. The Kier molecular flexibility index (Phi) is 5.74. The molecule has 0 radical (unpaired) electrons. The van der Waals surface area contributed by atoms with Crippen molar-refractivity contribution in [2.24, 2.45) is 0 Å². The predicted octanol–water partition coefficient (Wildman–Crippen LogP) is -0.520. The van der Waals surface area contributed by atoms with Gasteiger partial charge in [-0.1, -0.05) is 6.42 Å². The van der Waals surface area contributed by atoms with Crippen molar-refractivity contribution in [2.45, 2.75) is 31.7 Å². The van der Waals surface area contributed by atoms with Crippen LogP contribution >= 0.6 is 0 Å². The maximum Gasteiger partial charge on any atom is 0.307 e. The fourth-order valence-electron chi connectivity index (χ4n) is 2.07. The van der Waals surface area contributed by atoms with Crippen LogP contribution in [0.1, 0.15) is 25.7 Å². The number of carbonyl (C=O) groups is 2. The van der Waals surface area contributed by atoms with Crippen LogP contribution in [0.3, 0.4) is 0 Å². The lowest BCUT2D eigenvalue weighted by Gasteiger charge is -2.32. The summed E-state index contributed by atoms with van der Waals surface area (Å²) in [4.78, 5) is 22.9. The molecule has 1 atom stereocenters. The van der Waals surface area contributed by atoms with E-state index < -0.39 is 22.0 Å². The highest BCUT2D eigenvalue weighted by atomic mass is 32.2. The van der Waals surface area contributed by atoms with Gasteiger partial charge in [0.05, 0.1) is 19.8 Å². The highest BCUT2D eigenvalue weighted by molar-refractivity contribution is 7.88. The van der Waals surface area contributed by atoms with Crippen molar-refractivity contribution in [2.75, 3.05) is 26.5 Å². The minimum atomic E-state index is -3.39. The van der Waals surface area contributed by atoms with Gasteiger partial charge in [0, 0.05) is 13.1 Å². The van der Waals surface area contributed by atoms with E-state index in [2.05, 4.69) is 10.1 Å². The van der Waals surface area contributed by atoms with Gasteiger partial charge in [-0.3, -0.25) is 9.59 Å². The van der Waals surface area contributed by atoms with Crippen molar-refractivity contribution < 1.29 is 22.7 Å². The average Bonchev–Trinajstić information content (AvgIpc) is 2.37. The van der Waals surface area contributed by atoms with Crippen LogP contribution in [0.4, 0.5) is 0 Å². The van der Waals surface area contributed by atoms with E-state index in [1.54, 1.807) is 0 Å². The molecule has 1 aliphatic heterocycles. The molecule has 0 aromatic rings. The summed E-state index contributed by atoms with van der Waals surface area (Å²) in [7, 11) is -2.11. The lowest BCUT2D eigenvalue weighted by molar-refractivity contribution is -0.140. The second kappa shape index (κ2) is 6.85. The molecule has 0 spiro atoms. The lowest BCUT2D eigenvalue weighted by Crippen LogP contribution is -2.51. The summed E-state index contributed by atoms with van der Waals surface area (Å²) in [6, 6.07) is -0.665. The average molecular weight is 292 g/mol. The number of nitrogens with zero attached hydrogens (tertiary/aromatic N) is 1. The summed E-state index contributed by atoms with van der Waals surface area (Å²) in [5.74, 6) is -0.766. The molecule has 8 heteroatoms. The Labute approximate surface area is 113 Å². The highest BCUT2D eigenvalue weighted by Gasteiger charge is 2.34. The molecular weight excluding hydrogens is 272 g/mol. The van der Waals surface area contributed by atoms with E-state index in [9.17, 15) is 18.0 Å². The number of methoxy groups -OCH3 is 1. The van der Waals surface area contributed by atoms with Crippen LogP contribution in [0.25, 0.3) is 0 Å². The van der Waals surface area contributed by atoms with Crippen LogP contribution < -0.4 is 5.32 Å². The Bertz CT molecular complexity index is 434. The van der Waals surface area contributed by atoms with E-state index in [0.29, 0.717) is 13.0 Å². The Balaban J connectivity index is 2.56. The van der Waals surface area contributed by atoms with Crippen molar-refractivity contribution in [1.29, 1.82) is 0 Å². The molecule has 7 nitrogen and oxygen atoms in total. The monoisotopic (exact) mass is 292 g/mol. The molecule has 110 valence electrons. The lowest BCUT2D eigenvalue weighted by atomic mass is 10.0. The number of rotatable bonds is 5. The van der Waals surface area contributed by atoms with E-state index in [0.717, 1.165) is 19.1 Å². The summed E-state index contributed by atoms with van der Waals surface area (Å²) >= 11 is 0. The largest absolute Gasteiger partial charge is 0.469 e. The van der Waals surface area contributed by atoms with Gasteiger partial charge in [0.15, 0.2) is 0 Å². The molecule has 0 saturated carbocycles. The number of piperidine rings is 1. The molecule has 1 fully saturated rings. The molecule has 1 aliphatic rings. The Morgan fingerprint density at radius 1 is 1.37 bits per heavy atom. The number of nitrogens with one attached hydrogen (secondary N) is 1. The van der Waals surface area contributed by atoms with E-state index in [1.807, 2.05) is 0 Å². The van der Waals surface area contributed by atoms with Crippen molar-refractivity contribution in [3.8, 4) is 0 Å². The van der Waals surface area contributed by atoms with Crippen LogP contribution in [0.15, 0.2) is 0 Å². The Hall–Kier alpha value is -1.15. The van der Waals surface area contributed by atoms with Gasteiger partial charge < -0.3 is 10.1 Å². The van der Waals surface area contributed by atoms with Gasteiger partial charge >= 0.3 is 5.97 Å². The van der Waals surface area contributed by atoms with Gasteiger partial charge in [-0.15, -0.1) is 0 Å². The van der Waals surface area contributed by atoms with Crippen LogP contribution in [-0.4, -0.2) is 57.1 Å². The number of amides is 1. The van der Waals surface area contributed by atoms with Crippen molar-refractivity contribution >= 4 is 21.9 Å². The summed E-state index contributed by atoms with van der Waals surface area (Å²) in [6.07, 6.45) is 3.28. The molecule has 0 aromatic heterocycles. The third-order valence-corrected chi connectivity index (χ3v) is 4.33. The van der Waals surface area contributed by atoms with Gasteiger partial charge in [0.2, 0.25) is 15.9 Å². The highest BCUT2D eigenvalue weighted by Crippen LogP contribution is 2.19. The van der Waals surface area contributed by atoms with Crippen LogP contribution in [0.5, 0.6) is 0 Å². The third kappa shape index (κ3) is 4.79. The molecule has 1 N–H and O–H groups in total. The quantitative estimate of drug-likeness (QED) is 0.688. The zero-order valence-electron chi connectivity index (χ0n) is 11.2. The first-order chi connectivity index (χ1) is 8.86. The SMILES string of the molecule is COC(=O)CCNC(=O)C1CCCCN1S(C)(=O)=O. The van der Waals surface area contributed by atoms with Gasteiger partial charge in [-0.2, -0.15) is 4.31 Å². The van der Waals surface area contributed by atoms with Gasteiger partial charge in [0.25, 0.3) is 0 Å². The number of ether oxygens (including phenoxy) is 1. The molecule has 0 aliphatic carbocycles. The van der Waals surface area contributed by atoms with Gasteiger partial charge in [0.1, 0.15) is 6.04 Å². The smallest absolute Gasteiger partial charge is 0.307 e. The molecular formula is C11H20N2O5S. The number of esters is 1. The van der Waals surface area contributed by atoms with E-state index in [4.69, 9.17) is 0 Å². The maximum absolute atomic E-state index is 12.0. The molecule has 1 amide bonds. The standard InChI is InChI=1S/C11H20N2O5S/c1-18-10(14)6-7-12-11(15)9-5-3-4-8-13(9)19(2,16)17/h9H,3-8H2,1-2H3,(H,12,15).